The topological polar surface area (TPSA) is 190 Å². The van der Waals surface area contributed by atoms with E-state index in [4.69, 9.17) is 18.9 Å². The number of likely N-dealkylation sites (N-methyl/N-ethyl adjacent to an activating group) is 1. The fourth-order valence-electron chi connectivity index (χ4n) is 7.25. The molecule has 2 saturated heterocycles. The average molecular weight is 1060 g/mol. The van der Waals surface area contributed by atoms with Gasteiger partial charge in [0.25, 0.3) is 17.7 Å². The lowest BCUT2D eigenvalue weighted by atomic mass is 10.0. The Labute approximate surface area is 456 Å². The van der Waals surface area contributed by atoms with Gasteiger partial charge in [-0.15, -0.1) is 28.7 Å². The minimum Gasteiger partial charge on any atom is -0.459 e. The molecule has 1 aliphatic carbocycles. The molecule has 0 radical (unpaired) electrons. The minimum absolute atomic E-state index is 0.0106. The van der Waals surface area contributed by atoms with Gasteiger partial charge in [-0.25, -0.2) is 9.59 Å². The number of morpholine rings is 2. The summed E-state index contributed by atoms with van der Waals surface area (Å²) in [6, 6.07) is 0. The van der Waals surface area contributed by atoms with E-state index in [0.29, 0.717) is 93.6 Å². The number of amides is 5. The van der Waals surface area contributed by atoms with Crippen LogP contribution in [0, 0.1) is 29.6 Å². The maximum absolute atomic E-state index is 11.9. The van der Waals surface area contributed by atoms with Gasteiger partial charge in [0.05, 0.1) is 73.5 Å². The summed E-state index contributed by atoms with van der Waals surface area (Å²) in [5.74, 6) is -0.638. The summed E-state index contributed by atoms with van der Waals surface area (Å²) in [5.41, 5.74) is 16.0. The Hall–Kier alpha value is -6.19. The summed E-state index contributed by atoms with van der Waals surface area (Å²) in [5, 5.41) is 5.20. The van der Waals surface area contributed by atoms with Crippen LogP contribution in [0.15, 0.2) is 89.4 Å². The normalized spacial score (nSPS) is 14.0. The molecule has 2 heterocycles. The Bertz CT molecular complexity index is 2120. The van der Waals surface area contributed by atoms with E-state index in [1.807, 2.05) is 96.9 Å². The number of nitrogens with zero attached hydrogens (tertiary/aromatic N) is 3. The molecule has 2 N–H and O–H groups in total. The van der Waals surface area contributed by atoms with Gasteiger partial charge in [-0.1, -0.05) is 109 Å². The molecular formula is C60H95N5O11. The molecule has 426 valence electrons. The van der Waals surface area contributed by atoms with Gasteiger partial charge < -0.3 is 44.3 Å². The lowest BCUT2D eigenvalue weighted by Gasteiger charge is -2.28. The first kappa shape index (κ1) is 71.9. The Morgan fingerprint density at radius 1 is 0.539 bits per heavy atom. The van der Waals surface area contributed by atoms with Crippen molar-refractivity contribution < 1.29 is 52.5 Å². The smallest absolute Gasteiger partial charge is 0.342 e. The van der Waals surface area contributed by atoms with Gasteiger partial charge in [0, 0.05) is 39.3 Å². The van der Waals surface area contributed by atoms with E-state index in [-0.39, 0.29) is 96.4 Å². The van der Waals surface area contributed by atoms with E-state index in [1.54, 1.807) is 14.7 Å². The first-order valence-corrected chi connectivity index (χ1v) is 26.9. The van der Waals surface area contributed by atoms with Crippen LogP contribution >= 0.6 is 0 Å². The summed E-state index contributed by atoms with van der Waals surface area (Å²) >= 11 is 0. The van der Waals surface area contributed by atoms with Crippen LogP contribution in [0.3, 0.4) is 0 Å². The molecular weight excluding hydrogens is 967 g/mol. The Balaban J connectivity index is 0. The second-order valence-electron chi connectivity index (χ2n) is 19.5. The Morgan fingerprint density at radius 2 is 0.908 bits per heavy atom. The van der Waals surface area contributed by atoms with Crippen molar-refractivity contribution >= 4 is 41.5 Å². The summed E-state index contributed by atoms with van der Waals surface area (Å²) < 4.78 is 20.8. The highest BCUT2D eigenvalue weighted by Gasteiger charge is 2.24. The van der Waals surface area contributed by atoms with Crippen molar-refractivity contribution in [3.05, 3.63) is 89.4 Å². The van der Waals surface area contributed by atoms with E-state index >= 15 is 0 Å². The molecule has 3 rings (SSSR count). The second kappa shape index (κ2) is 41.0. The van der Waals surface area contributed by atoms with Crippen molar-refractivity contribution in [2.75, 3.05) is 78.8 Å². The average Bonchev–Trinajstić information content (AvgIpc) is 3.90. The standard InChI is InChI=1S/C13H20N2O3.C13H22N2O2.C12H18O2.C11H17NO2.C11H18O2/c1-4-11(10(2)3)13(17)14-9-12(16)15-5-7-18-8-6-15;1-6-11(10(4)5)13(17)14-9-12(16)15(7-2)8-3;1-4-11(9(2)3)12(13)14-10-7-5-6-8-10;1-4-10(9(2)3)11(13)12-5-7-14-8-6-12;1-6-9(5)13-11(12)10(7-2)8(3)4/h10H,1,5-9H2,2-3H3,(H,14,17);10H,1,7-9H2,2-5H3,(H,14,17);9-10H,1,5-8H2,2-3H3;9H,1,5-8H2,2-3H3;8-9H,2,6H2,1,3-5H3. The van der Waals surface area contributed by atoms with Crippen molar-refractivity contribution in [1.29, 1.82) is 0 Å². The molecule has 5 amide bonds. The summed E-state index contributed by atoms with van der Waals surface area (Å²) in [6.07, 6.45) is 5.29. The third kappa shape index (κ3) is 28.6. The molecule has 1 atom stereocenters. The van der Waals surface area contributed by atoms with Crippen molar-refractivity contribution in [3.8, 4) is 0 Å². The van der Waals surface area contributed by atoms with Gasteiger partial charge in [-0.3, -0.25) is 24.0 Å². The fraction of sp³-hybridized carbons (Fsp3) is 0.633. The first-order chi connectivity index (χ1) is 35.9. The van der Waals surface area contributed by atoms with Crippen LogP contribution < -0.4 is 10.6 Å². The number of hydrogen-bond acceptors (Lipinski definition) is 11. The number of carbonyl (C=O) groups is 7. The summed E-state index contributed by atoms with van der Waals surface area (Å²) in [6.45, 7) is 50.7. The molecule has 0 spiro atoms. The molecule has 0 aromatic rings. The zero-order valence-corrected chi connectivity index (χ0v) is 48.9. The predicted molar refractivity (Wildman–Crippen MR) is 300 cm³/mol. The summed E-state index contributed by atoms with van der Waals surface area (Å²) in [7, 11) is 0. The number of ether oxygens (including phenoxy) is 4. The zero-order valence-electron chi connectivity index (χ0n) is 48.9. The lowest BCUT2D eigenvalue weighted by Crippen LogP contribution is -2.46. The molecule has 0 aromatic carbocycles. The van der Waals surface area contributed by atoms with Crippen LogP contribution in [-0.4, -0.2) is 147 Å². The number of hydrogen-bond donors (Lipinski definition) is 2. The van der Waals surface area contributed by atoms with Crippen LogP contribution in [0.25, 0.3) is 0 Å². The number of nitrogens with one attached hydrogen (secondary N) is 2. The van der Waals surface area contributed by atoms with E-state index in [0.717, 1.165) is 19.3 Å². The van der Waals surface area contributed by atoms with Crippen LogP contribution in [0.2, 0.25) is 0 Å². The largest absolute Gasteiger partial charge is 0.459 e. The summed E-state index contributed by atoms with van der Waals surface area (Å²) in [4.78, 5) is 87.0. The highest BCUT2D eigenvalue weighted by atomic mass is 16.5. The highest BCUT2D eigenvalue weighted by Crippen LogP contribution is 2.23. The van der Waals surface area contributed by atoms with E-state index in [1.165, 1.54) is 12.8 Å². The number of carbonyl (C=O) groups excluding carboxylic acids is 7. The maximum atomic E-state index is 11.9. The van der Waals surface area contributed by atoms with Crippen molar-refractivity contribution in [1.82, 2.24) is 25.3 Å². The quantitative estimate of drug-likeness (QED) is 0.0718. The number of esters is 2. The van der Waals surface area contributed by atoms with Crippen molar-refractivity contribution in [2.45, 2.75) is 141 Å². The van der Waals surface area contributed by atoms with Crippen LogP contribution in [0.5, 0.6) is 0 Å². The molecule has 0 aromatic heterocycles. The molecule has 16 nitrogen and oxygen atoms in total. The van der Waals surface area contributed by atoms with Gasteiger partial charge in [-0.05, 0) is 82.5 Å². The Morgan fingerprint density at radius 3 is 1.26 bits per heavy atom. The van der Waals surface area contributed by atoms with E-state index in [2.05, 4.69) is 72.2 Å². The lowest BCUT2D eigenvalue weighted by molar-refractivity contribution is -0.145. The number of rotatable bonds is 19. The maximum Gasteiger partial charge on any atom is 0.342 e. The second-order valence-corrected chi connectivity index (χ2v) is 19.5. The van der Waals surface area contributed by atoms with E-state index < -0.39 is 0 Å². The molecule has 3 aliphatic rings. The van der Waals surface area contributed by atoms with Crippen LogP contribution in [-0.2, 0) is 52.5 Å². The van der Waals surface area contributed by atoms with Crippen LogP contribution in [0.1, 0.15) is 129 Å². The van der Waals surface area contributed by atoms with Gasteiger partial charge in [0.1, 0.15) is 6.10 Å². The highest BCUT2D eigenvalue weighted by molar-refractivity contribution is 5.97. The van der Waals surface area contributed by atoms with Crippen LogP contribution in [0.4, 0.5) is 0 Å². The molecule has 76 heavy (non-hydrogen) atoms. The monoisotopic (exact) mass is 1060 g/mol. The van der Waals surface area contributed by atoms with E-state index in [9.17, 15) is 33.6 Å². The Kier molecular flexibility index (Phi) is 38.8. The molecule has 2 aliphatic heterocycles. The molecule has 3 fully saturated rings. The van der Waals surface area contributed by atoms with Gasteiger partial charge in [0.15, 0.2) is 0 Å². The first-order valence-electron chi connectivity index (χ1n) is 26.9. The van der Waals surface area contributed by atoms with Gasteiger partial charge in [-0.2, -0.15) is 0 Å². The van der Waals surface area contributed by atoms with Gasteiger partial charge in [0.2, 0.25) is 11.8 Å². The predicted octanol–water partition coefficient (Wildman–Crippen LogP) is 8.41. The molecule has 0 bridgehead atoms. The minimum atomic E-state index is -0.292. The van der Waals surface area contributed by atoms with Crippen molar-refractivity contribution in [2.24, 2.45) is 29.6 Å². The SMILES string of the molecule is C=C=C(C(=O)N1CCOCC1)C(C)C.C=C=C(C(=O)NCC(=O)N(CC)CC)C(C)C.C=C=C(C(=O)NCC(=O)N1CCOCC1)C(C)C.C=C=C(C(=O)OC(C)CC)C(C)C.C=C=C(C(=O)OC1CCCC1)C(C)C. The van der Waals surface area contributed by atoms with Crippen molar-refractivity contribution in [3.63, 3.8) is 0 Å². The fourth-order valence-corrected chi connectivity index (χ4v) is 7.25. The third-order valence-electron chi connectivity index (χ3n) is 12.0. The zero-order chi connectivity index (χ0) is 58.5. The molecule has 1 unspecified atom stereocenters. The molecule has 16 heteroatoms. The van der Waals surface area contributed by atoms with Gasteiger partial charge >= 0.3 is 11.9 Å². The third-order valence-corrected chi connectivity index (χ3v) is 12.0. The molecule has 1 saturated carbocycles.